The van der Waals surface area contributed by atoms with Gasteiger partial charge in [0.2, 0.25) is 5.91 Å². The molecule has 0 spiro atoms. The molecule has 0 fully saturated rings. The number of anilines is 2. The van der Waals surface area contributed by atoms with Crippen LogP contribution < -0.4 is 10.2 Å². The van der Waals surface area contributed by atoms with Crippen LogP contribution in [0.25, 0.3) is 11.4 Å². The predicted octanol–water partition coefficient (Wildman–Crippen LogP) is 4.76. The number of rotatable bonds is 10. The maximum absolute atomic E-state index is 12.5. The van der Waals surface area contributed by atoms with E-state index in [9.17, 15) is 14.9 Å². The molecule has 10 heteroatoms. The molecule has 1 heterocycles. The quantitative estimate of drug-likeness (QED) is 0.260. The van der Waals surface area contributed by atoms with Crippen LogP contribution in [0.4, 0.5) is 17.1 Å². The molecule has 0 saturated heterocycles. The molecule has 3 aromatic rings. The number of carbonyl (C=O) groups is 1. The number of hydrogen-bond acceptors (Lipinski definition) is 7. The summed E-state index contributed by atoms with van der Waals surface area (Å²) in [5.41, 5.74) is 3.25. The van der Waals surface area contributed by atoms with E-state index in [1.165, 1.54) is 23.9 Å². The number of amides is 1. The van der Waals surface area contributed by atoms with E-state index in [-0.39, 0.29) is 17.3 Å². The highest BCUT2D eigenvalue weighted by Gasteiger charge is 2.16. The van der Waals surface area contributed by atoms with Crippen LogP contribution in [-0.4, -0.2) is 44.4 Å². The summed E-state index contributed by atoms with van der Waals surface area (Å²) in [5.74, 6) is 0.599. The second kappa shape index (κ2) is 11.0. The zero-order valence-corrected chi connectivity index (χ0v) is 20.1. The van der Waals surface area contributed by atoms with Gasteiger partial charge in [-0.1, -0.05) is 17.8 Å². The summed E-state index contributed by atoms with van der Waals surface area (Å²) in [5, 5.41) is 23.0. The first-order valence-electron chi connectivity index (χ1n) is 10.8. The zero-order chi connectivity index (χ0) is 24.0. The predicted molar refractivity (Wildman–Crippen MR) is 132 cm³/mol. The van der Waals surface area contributed by atoms with Crippen LogP contribution in [-0.2, 0) is 11.3 Å². The maximum atomic E-state index is 12.5. The number of benzene rings is 2. The fraction of sp³-hybridized carbons (Fsp3) is 0.348. The average Bonchev–Trinajstić information content (AvgIpc) is 3.23. The summed E-state index contributed by atoms with van der Waals surface area (Å²) in [6.07, 6.45) is 0. The lowest BCUT2D eigenvalue weighted by Gasteiger charge is -2.21. The number of non-ortho nitro benzene ring substituents is 1. The lowest BCUT2D eigenvalue weighted by atomic mass is 10.2. The number of aryl methyl sites for hydroxylation is 1. The Kier molecular flexibility index (Phi) is 8.05. The highest BCUT2D eigenvalue weighted by molar-refractivity contribution is 7.99. The molecule has 0 atom stereocenters. The number of nitrogens with one attached hydrogen (secondary N) is 1. The van der Waals surface area contributed by atoms with Gasteiger partial charge in [0, 0.05) is 43.0 Å². The summed E-state index contributed by atoms with van der Waals surface area (Å²) in [6.45, 7) is 10.6. The molecule has 1 amide bonds. The molecule has 0 aliphatic heterocycles. The second-order valence-electron chi connectivity index (χ2n) is 7.36. The molecule has 33 heavy (non-hydrogen) atoms. The van der Waals surface area contributed by atoms with Crippen LogP contribution in [0, 0.1) is 17.0 Å². The summed E-state index contributed by atoms with van der Waals surface area (Å²) < 4.78 is 1.98. The minimum atomic E-state index is -0.482. The molecule has 0 aliphatic carbocycles. The summed E-state index contributed by atoms with van der Waals surface area (Å²) in [7, 11) is 0. The van der Waals surface area contributed by atoms with E-state index >= 15 is 0 Å². The van der Waals surface area contributed by atoms with Crippen molar-refractivity contribution in [1.82, 2.24) is 14.8 Å². The lowest BCUT2D eigenvalue weighted by Crippen LogP contribution is -2.21. The standard InChI is InChI=1S/C23H28N6O3S/c1-5-27(6-2)18-12-9-17(10-13-18)22-25-26-23(28(22)7-3)33-15-21(30)24-20-14-19(29(31)32)11-8-16(20)4/h8-14H,5-7,15H2,1-4H3,(H,24,30). The van der Waals surface area contributed by atoms with Crippen LogP contribution in [0.15, 0.2) is 47.6 Å². The topological polar surface area (TPSA) is 106 Å². The normalized spacial score (nSPS) is 10.8. The van der Waals surface area contributed by atoms with Gasteiger partial charge in [-0.15, -0.1) is 10.2 Å². The molecule has 2 aromatic carbocycles. The third-order valence-corrected chi connectivity index (χ3v) is 6.29. The van der Waals surface area contributed by atoms with E-state index in [1.54, 1.807) is 13.0 Å². The van der Waals surface area contributed by atoms with Crippen molar-refractivity contribution >= 4 is 34.7 Å². The SMILES string of the molecule is CCN(CC)c1ccc(-c2nnc(SCC(=O)Nc3cc([N+](=O)[O-])ccc3C)n2CC)cc1. The number of nitro benzene ring substituents is 1. The minimum Gasteiger partial charge on any atom is -0.372 e. The van der Waals surface area contributed by atoms with Crippen LogP contribution in [0.2, 0.25) is 0 Å². The molecule has 0 unspecified atom stereocenters. The van der Waals surface area contributed by atoms with Gasteiger partial charge in [-0.05, 0) is 57.5 Å². The first-order chi connectivity index (χ1) is 15.9. The molecule has 0 bridgehead atoms. The van der Waals surface area contributed by atoms with Gasteiger partial charge >= 0.3 is 0 Å². The van der Waals surface area contributed by atoms with Crippen molar-refractivity contribution in [2.75, 3.05) is 29.1 Å². The van der Waals surface area contributed by atoms with Crippen molar-refractivity contribution in [2.45, 2.75) is 39.4 Å². The Labute approximate surface area is 197 Å². The van der Waals surface area contributed by atoms with Gasteiger partial charge in [-0.25, -0.2) is 0 Å². The molecule has 174 valence electrons. The van der Waals surface area contributed by atoms with E-state index < -0.39 is 4.92 Å². The summed E-state index contributed by atoms with van der Waals surface area (Å²) >= 11 is 1.28. The molecule has 9 nitrogen and oxygen atoms in total. The van der Waals surface area contributed by atoms with Crippen LogP contribution >= 0.6 is 11.8 Å². The Hall–Kier alpha value is -3.40. The molecular formula is C23H28N6O3S. The van der Waals surface area contributed by atoms with Gasteiger partial charge < -0.3 is 14.8 Å². The van der Waals surface area contributed by atoms with Crippen molar-refractivity contribution in [3.05, 3.63) is 58.1 Å². The second-order valence-corrected chi connectivity index (χ2v) is 8.31. The highest BCUT2D eigenvalue weighted by atomic mass is 32.2. The van der Waals surface area contributed by atoms with Gasteiger partial charge in [0.25, 0.3) is 5.69 Å². The third-order valence-electron chi connectivity index (χ3n) is 5.33. The fourth-order valence-electron chi connectivity index (χ4n) is 3.48. The monoisotopic (exact) mass is 468 g/mol. The van der Waals surface area contributed by atoms with E-state index in [2.05, 4.69) is 46.4 Å². The Morgan fingerprint density at radius 2 is 1.82 bits per heavy atom. The molecule has 3 rings (SSSR count). The Morgan fingerprint density at radius 3 is 2.42 bits per heavy atom. The van der Waals surface area contributed by atoms with E-state index in [0.717, 1.165) is 35.7 Å². The van der Waals surface area contributed by atoms with Gasteiger partial charge in [-0.2, -0.15) is 0 Å². The summed E-state index contributed by atoms with van der Waals surface area (Å²) in [6, 6.07) is 12.6. The number of aromatic nitrogens is 3. The smallest absolute Gasteiger partial charge is 0.271 e. The van der Waals surface area contributed by atoms with Gasteiger partial charge in [-0.3, -0.25) is 14.9 Å². The van der Waals surface area contributed by atoms with Crippen molar-refractivity contribution in [1.29, 1.82) is 0 Å². The molecule has 0 radical (unpaired) electrons. The van der Waals surface area contributed by atoms with Crippen molar-refractivity contribution in [2.24, 2.45) is 0 Å². The Balaban J connectivity index is 1.70. The largest absolute Gasteiger partial charge is 0.372 e. The fourth-order valence-corrected chi connectivity index (χ4v) is 4.28. The number of nitro groups is 1. The molecule has 0 saturated carbocycles. The van der Waals surface area contributed by atoms with E-state index in [0.29, 0.717) is 17.4 Å². The van der Waals surface area contributed by atoms with Gasteiger partial charge in [0.05, 0.1) is 16.4 Å². The first kappa shape index (κ1) is 24.2. The zero-order valence-electron chi connectivity index (χ0n) is 19.2. The van der Waals surface area contributed by atoms with Crippen LogP contribution in [0.1, 0.15) is 26.3 Å². The van der Waals surface area contributed by atoms with E-state index in [1.807, 2.05) is 23.6 Å². The summed E-state index contributed by atoms with van der Waals surface area (Å²) in [4.78, 5) is 25.3. The number of thioether (sulfide) groups is 1. The molecule has 1 N–H and O–H groups in total. The first-order valence-corrected chi connectivity index (χ1v) is 11.8. The Morgan fingerprint density at radius 1 is 1.12 bits per heavy atom. The third kappa shape index (κ3) is 5.70. The van der Waals surface area contributed by atoms with Crippen LogP contribution in [0.5, 0.6) is 0 Å². The highest BCUT2D eigenvalue weighted by Crippen LogP contribution is 2.27. The van der Waals surface area contributed by atoms with Crippen molar-refractivity contribution in [3.63, 3.8) is 0 Å². The lowest BCUT2D eigenvalue weighted by molar-refractivity contribution is -0.384. The molecule has 0 aliphatic rings. The van der Waals surface area contributed by atoms with Crippen LogP contribution in [0.3, 0.4) is 0 Å². The number of nitrogens with zero attached hydrogens (tertiary/aromatic N) is 5. The number of hydrogen-bond donors (Lipinski definition) is 1. The van der Waals surface area contributed by atoms with Gasteiger partial charge in [0.1, 0.15) is 0 Å². The molecular weight excluding hydrogens is 440 g/mol. The minimum absolute atomic E-state index is 0.0640. The van der Waals surface area contributed by atoms with E-state index in [4.69, 9.17) is 0 Å². The molecule has 1 aromatic heterocycles. The van der Waals surface area contributed by atoms with Gasteiger partial charge in [0.15, 0.2) is 11.0 Å². The van der Waals surface area contributed by atoms with Crippen molar-refractivity contribution in [3.8, 4) is 11.4 Å². The number of carbonyl (C=O) groups excluding carboxylic acids is 1. The maximum Gasteiger partial charge on any atom is 0.271 e. The average molecular weight is 469 g/mol. The Bertz CT molecular complexity index is 1130. The van der Waals surface area contributed by atoms with Crippen molar-refractivity contribution < 1.29 is 9.72 Å².